The maximum absolute atomic E-state index is 5.92. The van der Waals surface area contributed by atoms with E-state index in [0.29, 0.717) is 6.04 Å². The van der Waals surface area contributed by atoms with Crippen molar-refractivity contribution in [3.8, 4) is 22.9 Å². The van der Waals surface area contributed by atoms with Gasteiger partial charge < -0.3 is 20.1 Å². The van der Waals surface area contributed by atoms with Gasteiger partial charge in [-0.1, -0.05) is 0 Å². The monoisotopic (exact) mass is 287 g/mol. The number of aromatic nitrogens is 3. The number of hydrogen-bond donors (Lipinski definition) is 2. The maximum Gasteiger partial charge on any atom is 0.245 e. The molecule has 0 bridgehead atoms. The third-order valence-corrected chi connectivity index (χ3v) is 3.94. The summed E-state index contributed by atoms with van der Waals surface area (Å²) in [5.41, 5.74) is 6.86. The van der Waals surface area contributed by atoms with Crippen molar-refractivity contribution < 1.29 is 9.47 Å². The normalized spacial score (nSPS) is 18.2. The number of H-pyrrole nitrogens is 1. The average Bonchev–Trinajstić information content (AvgIpc) is 3.16. The van der Waals surface area contributed by atoms with E-state index in [1.54, 1.807) is 0 Å². The van der Waals surface area contributed by atoms with Crippen LogP contribution in [0.25, 0.3) is 11.4 Å². The molecule has 0 spiro atoms. The molecule has 0 unspecified atom stereocenters. The molecule has 2 aromatic rings. The SMILES string of the molecule is NC1CCN(c2n[nH]c(-c3ccc4c(c3)OCO4)n2)CC1. The molecule has 0 saturated carbocycles. The van der Waals surface area contributed by atoms with Gasteiger partial charge in [-0.15, -0.1) is 5.10 Å². The number of ether oxygens (including phenoxy) is 2. The highest BCUT2D eigenvalue weighted by atomic mass is 16.7. The zero-order chi connectivity index (χ0) is 14.2. The minimum Gasteiger partial charge on any atom is -0.454 e. The number of piperidine rings is 1. The Hall–Kier alpha value is -2.28. The summed E-state index contributed by atoms with van der Waals surface area (Å²) in [7, 11) is 0. The first kappa shape index (κ1) is 12.5. The summed E-state index contributed by atoms with van der Waals surface area (Å²) in [5, 5.41) is 7.30. The highest BCUT2D eigenvalue weighted by molar-refractivity contribution is 5.62. The van der Waals surface area contributed by atoms with E-state index in [1.165, 1.54) is 0 Å². The van der Waals surface area contributed by atoms with Crippen LogP contribution < -0.4 is 20.1 Å². The van der Waals surface area contributed by atoms with Gasteiger partial charge in [-0.05, 0) is 31.0 Å². The number of nitrogens with zero attached hydrogens (tertiary/aromatic N) is 3. The van der Waals surface area contributed by atoms with Crippen LogP contribution in [0.1, 0.15) is 12.8 Å². The third-order valence-electron chi connectivity index (χ3n) is 3.94. The third kappa shape index (κ3) is 2.29. The predicted octanol–water partition coefficient (Wildman–Crippen LogP) is 1.13. The van der Waals surface area contributed by atoms with Gasteiger partial charge in [0.15, 0.2) is 17.3 Å². The van der Waals surface area contributed by atoms with Crippen LogP contribution in [0.4, 0.5) is 5.95 Å². The van der Waals surface area contributed by atoms with E-state index < -0.39 is 0 Å². The number of benzene rings is 1. The largest absolute Gasteiger partial charge is 0.454 e. The Kier molecular flexibility index (Phi) is 2.92. The molecule has 21 heavy (non-hydrogen) atoms. The van der Waals surface area contributed by atoms with Crippen molar-refractivity contribution >= 4 is 5.95 Å². The summed E-state index contributed by atoms with van der Waals surface area (Å²) in [4.78, 5) is 6.74. The summed E-state index contributed by atoms with van der Waals surface area (Å²) in [6.45, 7) is 2.08. The quantitative estimate of drug-likeness (QED) is 0.860. The van der Waals surface area contributed by atoms with Crippen molar-refractivity contribution in [1.82, 2.24) is 15.2 Å². The average molecular weight is 287 g/mol. The standard InChI is InChI=1S/C14H17N5O2/c15-10-3-5-19(6-4-10)14-16-13(17-18-14)9-1-2-11-12(7-9)21-8-20-11/h1-2,7,10H,3-6,8,15H2,(H,16,17,18). The van der Waals surface area contributed by atoms with Gasteiger partial charge in [0, 0.05) is 24.7 Å². The summed E-state index contributed by atoms with van der Waals surface area (Å²) in [6.07, 6.45) is 1.96. The number of nitrogens with two attached hydrogens (primary N) is 1. The molecule has 0 amide bonds. The Morgan fingerprint density at radius 3 is 2.86 bits per heavy atom. The van der Waals surface area contributed by atoms with E-state index in [-0.39, 0.29) is 6.79 Å². The van der Waals surface area contributed by atoms with Crippen molar-refractivity contribution in [2.45, 2.75) is 18.9 Å². The molecule has 0 aliphatic carbocycles. The van der Waals surface area contributed by atoms with Gasteiger partial charge >= 0.3 is 0 Å². The van der Waals surface area contributed by atoms with E-state index in [2.05, 4.69) is 20.1 Å². The lowest BCUT2D eigenvalue weighted by Crippen LogP contribution is -2.40. The number of rotatable bonds is 2. The Morgan fingerprint density at radius 2 is 2.00 bits per heavy atom. The number of anilines is 1. The van der Waals surface area contributed by atoms with Crippen LogP contribution in [0.3, 0.4) is 0 Å². The van der Waals surface area contributed by atoms with E-state index in [1.807, 2.05) is 18.2 Å². The van der Waals surface area contributed by atoms with Crippen molar-refractivity contribution in [1.29, 1.82) is 0 Å². The molecule has 7 nitrogen and oxygen atoms in total. The molecule has 110 valence electrons. The second-order valence-electron chi connectivity index (χ2n) is 5.38. The van der Waals surface area contributed by atoms with E-state index in [9.17, 15) is 0 Å². The van der Waals surface area contributed by atoms with Crippen LogP contribution in [0, 0.1) is 0 Å². The van der Waals surface area contributed by atoms with Crippen molar-refractivity contribution in [3.05, 3.63) is 18.2 Å². The molecule has 1 fully saturated rings. The molecule has 1 aromatic heterocycles. The molecule has 4 rings (SSSR count). The molecule has 3 heterocycles. The van der Waals surface area contributed by atoms with Gasteiger partial charge in [-0.25, -0.2) is 0 Å². The first-order valence-electron chi connectivity index (χ1n) is 7.12. The smallest absolute Gasteiger partial charge is 0.245 e. The summed E-state index contributed by atoms with van der Waals surface area (Å²) in [5.74, 6) is 2.98. The molecule has 2 aliphatic heterocycles. The minimum absolute atomic E-state index is 0.272. The molecule has 0 radical (unpaired) electrons. The maximum atomic E-state index is 5.92. The lowest BCUT2D eigenvalue weighted by atomic mass is 10.1. The molecule has 2 aliphatic rings. The Balaban J connectivity index is 1.57. The van der Waals surface area contributed by atoms with Gasteiger partial charge in [0.05, 0.1) is 0 Å². The summed E-state index contributed by atoms with van der Waals surface area (Å²) >= 11 is 0. The Bertz CT molecular complexity index is 649. The zero-order valence-corrected chi connectivity index (χ0v) is 11.6. The van der Waals surface area contributed by atoms with Crippen molar-refractivity contribution in [2.24, 2.45) is 5.73 Å². The first-order valence-corrected chi connectivity index (χ1v) is 7.12. The molecular weight excluding hydrogens is 270 g/mol. The molecule has 3 N–H and O–H groups in total. The second-order valence-corrected chi connectivity index (χ2v) is 5.38. The zero-order valence-electron chi connectivity index (χ0n) is 11.6. The fourth-order valence-corrected chi connectivity index (χ4v) is 2.67. The Morgan fingerprint density at radius 1 is 1.19 bits per heavy atom. The van der Waals surface area contributed by atoms with Crippen LogP contribution in [-0.4, -0.2) is 41.1 Å². The Labute approximate surface area is 122 Å². The summed E-state index contributed by atoms with van der Waals surface area (Å²) < 4.78 is 10.7. The fourth-order valence-electron chi connectivity index (χ4n) is 2.67. The van der Waals surface area contributed by atoms with Gasteiger partial charge in [0.25, 0.3) is 0 Å². The highest BCUT2D eigenvalue weighted by Gasteiger charge is 2.20. The molecular formula is C14H17N5O2. The van der Waals surface area contributed by atoms with Gasteiger partial charge in [-0.3, -0.25) is 5.10 Å². The predicted molar refractivity (Wildman–Crippen MR) is 77.4 cm³/mol. The minimum atomic E-state index is 0.272. The fraction of sp³-hybridized carbons (Fsp3) is 0.429. The number of aromatic amines is 1. The van der Waals surface area contributed by atoms with E-state index >= 15 is 0 Å². The first-order chi connectivity index (χ1) is 10.3. The van der Waals surface area contributed by atoms with Gasteiger partial charge in [0.1, 0.15) is 0 Å². The highest BCUT2D eigenvalue weighted by Crippen LogP contribution is 2.35. The number of fused-ring (bicyclic) bond motifs is 1. The van der Waals surface area contributed by atoms with Crippen LogP contribution in [0.2, 0.25) is 0 Å². The lowest BCUT2D eigenvalue weighted by molar-refractivity contribution is 0.174. The summed E-state index contributed by atoms with van der Waals surface area (Å²) in [6, 6.07) is 6.05. The van der Waals surface area contributed by atoms with Crippen molar-refractivity contribution in [2.75, 3.05) is 24.8 Å². The van der Waals surface area contributed by atoms with Crippen LogP contribution in [0.5, 0.6) is 11.5 Å². The van der Waals surface area contributed by atoms with E-state index in [0.717, 1.165) is 54.8 Å². The molecule has 1 saturated heterocycles. The number of nitrogens with one attached hydrogen (secondary N) is 1. The lowest BCUT2D eigenvalue weighted by Gasteiger charge is -2.28. The van der Waals surface area contributed by atoms with Crippen LogP contribution >= 0.6 is 0 Å². The molecule has 1 aromatic carbocycles. The topological polar surface area (TPSA) is 89.3 Å². The number of hydrogen-bond acceptors (Lipinski definition) is 6. The molecule has 0 atom stereocenters. The van der Waals surface area contributed by atoms with Crippen LogP contribution in [0.15, 0.2) is 18.2 Å². The van der Waals surface area contributed by atoms with Gasteiger partial charge in [-0.2, -0.15) is 4.98 Å². The van der Waals surface area contributed by atoms with Crippen molar-refractivity contribution in [3.63, 3.8) is 0 Å². The molecule has 7 heteroatoms. The van der Waals surface area contributed by atoms with E-state index in [4.69, 9.17) is 15.2 Å². The second kappa shape index (κ2) is 4.92. The van der Waals surface area contributed by atoms with Crippen LogP contribution in [-0.2, 0) is 0 Å². The van der Waals surface area contributed by atoms with Gasteiger partial charge in [0.2, 0.25) is 12.7 Å².